The van der Waals surface area contributed by atoms with Crippen LogP contribution in [-0.2, 0) is 0 Å². The predicted octanol–water partition coefficient (Wildman–Crippen LogP) is 2.23. The first-order valence-corrected chi connectivity index (χ1v) is 3.88. The third-order valence-corrected chi connectivity index (χ3v) is 1.58. The zero-order valence-corrected chi connectivity index (χ0v) is 6.86. The summed E-state index contributed by atoms with van der Waals surface area (Å²) in [6.45, 7) is 3.56. The highest BCUT2D eigenvalue weighted by Crippen LogP contribution is 2.03. The number of aromatic nitrogens is 1. The van der Waals surface area contributed by atoms with Gasteiger partial charge in [0.1, 0.15) is 0 Å². The number of hydrogen-bond donors (Lipinski definition) is 0. The van der Waals surface area contributed by atoms with Gasteiger partial charge in [-0.3, -0.25) is 9.78 Å². The molecule has 1 rings (SSSR count). The third kappa shape index (κ3) is 2.31. The topological polar surface area (TPSA) is 30.0 Å². The standard InChI is InChI=1S/C10H11NO/c1-2-3-4-10(12)9-5-7-11-8-6-9/h2,5-8H,1,3-4H2. The summed E-state index contributed by atoms with van der Waals surface area (Å²) in [7, 11) is 0. The van der Waals surface area contributed by atoms with Crippen LogP contribution in [0.25, 0.3) is 0 Å². The molecule has 2 nitrogen and oxygen atoms in total. The summed E-state index contributed by atoms with van der Waals surface area (Å²) >= 11 is 0. The first kappa shape index (κ1) is 8.65. The Morgan fingerprint density at radius 2 is 2.17 bits per heavy atom. The highest BCUT2D eigenvalue weighted by Gasteiger charge is 2.02. The minimum atomic E-state index is 0.150. The van der Waals surface area contributed by atoms with Crippen molar-refractivity contribution in [3.05, 3.63) is 42.7 Å². The minimum Gasteiger partial charge on any atom is -0.294 e. The second kappa shape index (κ2) is 4.44. The van der Waals surface area contributed by atoms with Crippen LogP contribution in [0.1, 0.15) is 23.2 Å². The van der Waals surface area contributed by atoms with E-state index >= 15 is 0 Å². The van der Waals surface area contributed by atoms with Crippen LogP contribution in [-0.4, -0.2) is 10.8 Å². The van der Waals surface area contributed by atoms with Crippen LogP contribution >= 0.6 is 0 Å². The molecule has 2 heteroatoms. The van der Waals surface area contributed by atoms with Gasteiger partial charge in [0, 0.05) is 24.4 Å². The van der Waals surface area contributed by atoms with Gasteiger partial charge in [0.25, 0.3) is 0 Å². The maximum Gasteiger partial charge on any atom is 0.163 e. The Hall–Kier alpha value is -1.44. The van der Waals surface area contributed by atoms with E-state index in [1.54, 1.807) is 30.6 Å². The summed E-state index contributed by atoms with van der Waals surface area (Å²) in [5.74, 6) is 0.150. The number of pyridine rings is 1. The number of allylic oxidation sites excluding steroid dienone is 1. The number of Topliss-reactive ketones (excluding diaryl/α,β-unsaturated/α-hetero) is 1. The van der Waals surface area contributed by atoms with Gasteiger partial charge in [0.15, 0.2) is 5.78 Å². The Labute approximate surface area is 71.9 Å². The van der Waals surface area contributed by atoms with E-state index in [-0.39, 0.29) is 5.78 Å². The number of carbonyl (C=O) groups is 1. The minimum absolute atomic E-state index is 0.150. The van der Waals surface area contributed by atoms with Gasteiger partial charge in [0.05, 0.1) is 0 Å². The summed E-state index contributed by atoms with van der Waals surface area (Å²) in [4.78, 5) is 15.2. The maximum atomic E-state index is 11.3. The van der Waals surface area contributed by atoms with Crippen LogP contribution in [0.5, 0.6) is 0 Å². The van der Waals surface area contributed by atoms with E-state index in [1.165, 1.54) is 0 Å². The van der Waals surface area contributed by atoms with Crippen molar-refractivity contribution in [3.63, 3.8) is 0 Å². The molecule has 0 bridgehead atoms. The van der Waals surface area contributed by atoms with E-state index in [2.05, 4.69) is 11.6 Å². The molecular weight excluding hydrogens is 150 g/mol. The Morgan fingerprint density at radius 3 is 2.75 bits per heavy atom. The number of hydrogen-bond acceptors (Lipinski definition) is 2. The van der Waals surface area contributed by atoms with Gasteiger partial charge >= 0.3 is 0 Å². The van der Waals surface area contributed by atoms with Crippen molar-refractivity contribution in [3.8, 4) is 0 Å². The molecule has 12 heavy (non-hydrogen) atoms. The molecule has 0 aliphatic heterocycles. The normalized spacial score (nSPS) is 9.33. The molecule has 0 unspecified atom stereocenters. The van der Waals surface area contributed by atoms with Gasteiger partial charge in [-0.15, -0.1) is 6.58 Å². The van der Waals surface area contributed by atoms with Crippen molar-refractivity contribution in [1.29, 1.82) is 0 Å². The maximum absolute atomic E-state index is 11.3. The van der Waals surface area contributed by atoms with E-state index in [4.69, 9.17) is 0 Å². The van der Waals surface area contributed by atoms with Crippen LogP contribution in [0.4, 0.5) is 0 Å². The largest absolute Gasteiger partial charge is 0.294 e. The summed E-state index contributed by atoms with van der Waals surface area (Å²) < 4.78 is 0. The molecule has 0 aromatic carbocycles. The average molecular weight is 161 g/mol. The molecule has 62 valence electrons. The van der Waals surface area contributed by atoms with Crippen LogP contribution in [0, 0.1) is 0 Å². The summed E-state index contributed by atoms with van der Waals surface area (Å²) in [5, 5.41) is 0. The second-order valence-corrected chi connectivity index (χ2v) is 2.49. The summed E-state index contributed by atoms with van der Waals surface area (Å²) in [5.41, 5.74) is 0.729. The van der Waals surface area contributed by atoms with Crippen molar-refractivity contribution < 1.29 is 4.79 Å². The number of ketones is 1. The fourth-order valence-corrected chi connectivity index (χ4v) is 0.915. The molecule has 0 saturated heterocycles. The van der Waals surface area contributed by atoms with E-state index in [0.717, 1.165) is 12.0 Å². The monoisotopic (exact) mass is 161 g/mol. The van der Waals surface area contributed by atoms with Gasteiger partial charge in [-0.2, -0.15) is 0 Å². The van der Waals surface area contributed by atoms with Gasteiger partial charge in [-0.05, 0) is 18.6 Å². The van der Waals surface area contributed by atoms with Gasteiger partial charge in [0.2, 0.25) is 0 Å². The molecular formula is C10H11NO. The first-order chi connectivity index (χ1) is 5.84. The highest BCUT2D eigenvalue weighted by molar-refractivity contribution is 5.95. The van der Waals surface area contributed by atoms with E-state index < -0.39 is 0 Å². The first-order valence-electron chi connectivity index (χ1n) is 3.88. The lowest BCUT2D eigenvalue weighted by Gasteiger charge is -1.96. The SMILES string of the molecule is C=CCCC(=O)c1ccncc1. The van der Waals surface area contributed by atoms with Crippen molar-refractivity contribution in [1.82, 2.24) is 4.98 Å². The Bertz CT molecular complexity index is 266. The quantitative estimate of drug-likeness (QED) is 0.500. The van der Waals surface area contributed by atoms with Gasteiger partial charge < -0.3 is 0 Å². The molecule has 0 aliphatic carbocycles. The van der Waals surface area contributed by atoms with Crippen molar-refractivity contribution in [2.24, 2.45) is 0 Å². The van der Waals surface area contributed by atoms with E-state index in [0.29, 0.717) is 6.42 Å². The fourth-order valence-electron chi connectivity index (χ4n) is 0.915. The summed E-state index contributed by atoms with van der Waals surface area (Å²) in [6, 6.07) is 3.46. The zero-order chi connectivity index (χ0) is 8.81. The molecule has 1 aromatic rings. The molecule has 0 spiro atoms. The van der Waals surface area contributed by atoms with Gasteiger partial charge in [-0.25, -0.2) is 0 Å². The van der Waals surface area contributed by atoms with Crippen LogP contribution in [0.2, 0.25) is 0 Å². The number of carbonyl (C=O) groups excluding carboxylic acids is 1. The average Bonchev–Trinajstić information content (AvgIpc) is 2.15. The van der Waals surface area contributed by atoms with Crippen LogP contribution in [0.15, 0.2) is 37.2 Å². The highest BCUT2D eigenvalue weighted by atomic mass is 16.1. The molecule has 0 aliphatic rings. The summed E-state index contributed by atoms with van der Waals surface area (Å²) in [6.07, 6.45) is 6.27. The van der Waals surface area contributed by atoms with Gasteiger partial charge in [-0.1, -0.05) is 6.08 Å². The molecule has 0 atom stereocenters. The predicted molar refractivity (Wildman–Crippen MR) is 48.0 cm³/mol. The smallest absolute Gasteiger partial charge is 0.163 e. The number of nitrogens with zero attached hydrogens (tertiary/aromatic N) is 1. The molecule has 0 radical (unpaired) electrons. The third-order valence-electron chi connectivity index (χ3n) is 1.58. The van der Waals surface area contributed by atoms with Crippen LogP contribution < -0.4 is 0 Å². The Kier molecular flexibility index (Phi) is 3.20. The van der Waals surface area contributed by atoms with E-state index in [1.807, 2.05) is 0 Å². The van der Waals surface area contributed by atoms with Crippen molar-refractivity contribution in [2.75, 3.05) is 0 Å². The molecule has 1 aromatic heterocycles. The molecule has 0 amide bonds. The molecule has 0 fully saturated rings. The fraction of sp³-hybridized carbons (Fsp3) is 0.200. The van der Waals surface area contributed by atoms with Crippen molar-refractivity contribution >= 4 is 5.78 Å². The lowest BCUT2D eigenvalue weighted by Crippen LogP contribution is -1.97. The zero-order valence-electron chi connectivity index (χ0n) is 6.86. The van der Waals surface area contributed by atoms with Crippen LogP contribution in [0.3, 0.4) is 0 Å². The molecule has 0 saturated carbocycles. The lowest BCUT2D eigenvalue weighted by molar-refractivity contribution is 0.0983. The van der Waals surface area contributed by atoms with Crippen molar-refractivity contribution in [2.45, 2.75) is 12.8 Å². The number of rotatable bonds is 4. The second-order valence-electron chi connectivity index (χ2n) is 2.49. The molecule has 0 N–H and O–H groups in total. The lowest BCUT2D eigenvalue weighted by atomic mass is 10.1. The van der Waals surface area contributed by atoms with E-state index in [9.17, 15) is 4.79 Å². The Morgan fingerprint density at radius 1 is 1.50 bits per heavy atom. The Balaban J connectivity index is 2.59. The molecule has 1 heterocycles.